The van der Waals surface area contributed by atoms with Gasteiger partial charge in [-0.3, -0.25) is 0 Å². The minimum atomic E-state index is -0.867. The molecule has 0 aliphatic carbocycles. The fourth-order valence-corrected chi connectivity index (χ4v) is 4.68. The molecule has 0 aromatic heterocycles. The molecule has 0 N–H and O–H groups in total. The summed E-state index contributed by atoms with van der Waals surface area (Å²) in [5, 5.41) is 0. The van der Waals surface area contributed by atoms with Gasteiger partial charge < -0.3 is 28.4 Å². The van der Waals surface area contributed by atoms with E-state index < -0.39 is 34.0 Å². The van der Waals surface area contributed by atoms with E-state index in [-0.39, 0.29) is 17.7 Å². The topological polar surface area (TPSA) is 55.4 Å². The van der Waals surface area contributed by atoms with Crippen molar-refractivity contribution in [3.63, 3.8) is 0 Å². The lowest BCUT2D eigenvalue weighted by atomic mass is 9.95. The fourth-order valence-electron chi connectivity index (χ4n) is 1.82. The third-order valence-corrected chi connectivity index (χ3v) is 7.54. The van der Waals surface area contributed by atoms with Crippen molar-refractivity contribution in [2.75, 3.05) is 42.7 Å². The highest BCUT2D eigenvalue weighted by atomic mass is 28.2. The van der Waals surface area contributed by atoms with Crippen molar-refractivity contribution in [3.8, 4) is 34.4 Å². The molecule has 0 spiro atoms. The van der Waals surface area contributed by atoms with Gasteiger partial charge in [0.2, 0.25) is 0 Å². The zero-order valence-corrected chi connectivity index (χ0v) is 21.0. The Balaban J connectivity index is 5.29. The predicted molar refractivity (Wildman–Crippen MR) is 110 cm³/mol. The summed E-state index contributed by atoms with van der Waals surface area (Å²) in [6.07, 6.45) is 0. The van der Waals surface area contributed by atoms with E-state index in [1.54, 1.807) is 42.7 Å². The Morgan fingerprint density at radius 1 is 0.538 bits per heavy atom. The Labute approximate surface area is 164 Å². The molecule has 0 fully saturated rings. The molecule has 0 aliphatic rings. The largest absolute Gasteiger partial charge is 0.359 e. The maximum Gasteiger partial charge on any atom is 0.172 e. The Hall–Kier alpha value is -0.909. The first-order valence-corrected chi connectivity index (χ1v) is 12.7. The highest BCUT2D eigenvalue weighted by molar-refractivity contribution is 6.48. The maximum absolute atomic E-state index is 5.21. The first-order chi connectivity index (χ1) is 12.5. The van der Waals surface area contributed by atoms with Crippen LogP contribution in [0.25, 0.3) is 0 Å². The van der Waals surface area contributed by atoms with Crippen molar-refractivity contribution < 1.29 is 28.4 Å². The van der Waals surface area contributed by atoms with Gasteiger partial charge in [0, 0.05) is 42.7 Å². The minimum absolute atomic E-state index is 0.228. The Morgan fingerprint density at radius 2 is 0.769 bits per heavy atom. The zero-order valence-electron chi connectivity index (χ0n) is 16.8. The number of rotatable bonds is 9. The lowest BCUT2D eigenvalue weighted by Gasteiger charge is -2.12. The molecular weight excluding hydrogens is 384 g/mol. The summed E-state index contributed by atoms with van der Waals surface area (Å²) in [6.45, 7) is 1.93. The molecule has 0 aromatic rings. The zero-order chi connectivity index (χ0) is 19.8. The molecule has 0 atom stereocenters. The van der Waals surface area contributed by atoms with E-state index in [4.69, 9.17) is 28.4 Å². The first kappa shape index (κ1) is 25.1. The highest BCUT2D eigenvalue weighted by Crippen LogP contribution is 2.11. The van der Waals surface area contributed by atoms with Crippen LogP contribution in [0.2, 0.25) is 0 Å². The van der Waals surface area contributed by atoms with Crippen molar-refractivity contribution in [2.24, 2.45) is 5.41 Å². The van der Waals surface area contributed by atoms with Gasteiger partial charge in [-0.15, -0.1) is 16.6 Å². The van der Waals surface area contributed by atoms with Gasteiger partial charge in [-0.2, -0.15) is 0 Å². The molecular formula is C17H30O6Si3. The van der Waals surface area contributed by atoms with Gasteiger partial charge in [0.15, 0.2) is 28.6 Å². The van der Waals surface area contributed by atoms with Crippen molar-refractivity contribution >= 4 is 28.6 Å². The number of hydrogen-bond acceptors (Lipinski definition) is 6. The average molecular weight is 415 g/mol. The molecule has 6 nitrogen and oxygen atoms in total. The van der Waals surface area contributed by atoms with Gasteiger partial charge in [-0.1, -0.05) is 17.8 Å². The van der Waals surface area contributed by atoms with Gasteiger partial charge in [0.05, 0.1) is 0 Å². The Bertz CT molecular complexity index is 475. The van der Waals surface area contributed by atoms with Crippen LogP contribution < -0.4 is 0 Å². The lowest BCUT2D eigenvalue weighted by Crippen LogP contribution is -2.22. The Morgan fingerprint density at radius 3 is 0.962 bits per heavy atom. The smallest absolute Gasteiger partial charge is 0.172 e. The molecule has 0 radical (unpaired) electrons. The molecule has 0 amide bonds. The summed E-state index contributed by atoms with van der Waals surface area (Å²) in [4.78, 5) is 0. The molecule has 0 aromatic carbocycles. The SMILES string of the molecule is COC(OC)[SiH2]C#CC(C)(C#C[SiH2]C(OC)OC)C#C[SiH2]C(OC)OC. The Kier molecular flexibility index (Phi) is 14.6. The van der Waals surface area contributed by atoms with E-state index in [1.165, 1.54) is 0 Å². The quantitative estimate of drug-likeness (QED) is 0.250. The summed E-state index contributed by atoms with van der Waals surface area (Å²) < 4.78 is 31.3. The van der Waals surface area contributed by atoms with Gasteiger partial charge in [0.25, 0.3) is 0 Å². The van der Waals surface area contributed by atoms with E-state index >= 15 is 0 Å². The number of methoxy groups -OCH3 is 6. The first-order valence-electron chi connectivity index (χ1n) is 8.15. The van der Waals surface area contributed by atoms with Crippen LogP contribution in [-0.2, 0) is 28.4 Å². The van der Waals surface area contributed by atoms with Gasteiger partial charge in [-0.05, 0) is 6.92 Å². The normalized spacial score (nSPS) is 14.1. The van der Waals surface area contributed by atoms with E-state index in [0.29, 0.717) is 0 Å². The van der Waals surface area contributed by atoms with Crippen LogP contribution in [0.3, 0.4) is 0 Å². The molecule has 0 unspecified atom stereocenters. The number of ether oxygens (including phenoxy) is 6. The van der Waals surface area contributed by atoms with Crippen LogP contribution >= 0.6 is 0 Å². The summed E-state index contributed by atoms with van der Waals surface area (Å²) >= 11 is 0. The van der Waals surface area contributed by atoms with Crippen LogP contribution in [0, 0.1) is 39.8 Å². The second-order valence-corrected chi connectivity index (χ2v) is 9.63. The van der Waals surface area contributed by atoms with Crippen LogP contribution in [0.4, 0.5) is 0 Å². The van der Waals surface area contributed by atoms with Crippen molar-refractivity contribution in [1.82, 2.24) is 0 Å². The monoisotopic (exact) mass is 414 g/mol. The summed E-state index contributed by atoms with van der Waals surface area (Å²) in [5.74, 6) is 8.92. The molecule has 0 saturated heterocycles. The van der Waals surface area contributed by atoms with Crippen molar-refractivity contribution in [2.45, 2.75) is 24.7 Å². The van der Waals surface area contributed by atoms with Gasteiger partial charge in [-0.25, -0.2) is 0 Å². The lowest BCUT2D eigenvalue weighted by molar-refractivity contribution is -0.0429. The minimum Gasteiger partial charge on any atom is -0.359 e. The predicted octanol–water partition coefficient (Wildman–Crippen LogP) is -1.89. The number of hydrogen-bond donors (Lipinski definition) is 0. The molecule has 0 bridgehead atoms. The summed E-state index contributed by atoms with van der Waals surface area (Å²) in [6, 6.07) is 0. The van der Waals surface area contributed by atoms with Gasteiger partial charge >= 0.3 is 0 Å². The molecule has 0 heterocycles. The second-order valence-electron chi connectivity index (χ2n) is 5.35. The standard InChI is InChI=1S/C17H30O6Si3/c1-17(8-11-24-14(18-2)19-3,9-12-25-15(20-4)21-5)10-13-26-16(22-6)23-7/h14-16H,24-26H2,1-7H3. The van der Waals surface area contributed by atoms with Crippen molar-refractivity contribution in [3.05, 3.63) is 0 Å². The fraction of sp³-hybridized carbons (Fsp3) is 0.647. The van der Waals surface area contributed by atoms with E-state index in [0.717, 1.165) is 0 Å². The maximum atomic E-state index is 5.21. The van der Waals surface area contributed by atoms with Crippen LogP contribution in [0.5, 0.6) is 0 Å². The molecule has 26 heavy (non-hydrogen) atoms. The van der Waals surface area contributed by atoms with Crippen molar-refractivity contribution in [1.29, 1.82) is 0 Å². The molecule has 0 rings (SSSR count). The third kappa shape index (κ3) is 10.9. The van der Waals surface area contributed by atoms with E-state index in [1.807, 2.05) is 6.92 Å². The third-order valence-electron chi connectivity index (χ3n) is 3.40. The van der Waals surface area contributed by atoms with Crippen LogP contribution in [0.15, 0.2) is 0 Å². The average Bonchev–Trinajstić information content (AvgIpc) is 2.66. The van der Waals surface area contributed by atoms with E-state index in [9.17, 15) is 0 Å². The van der Waals surface area contributed by atoms with Gasteiger partial charge in [0.1, 0.15) is 23.2 Å². The molecule has 9 heteroatoms. The summed E-state index contributed by atoms with van der Waals surface area (Å²) in [5.41, 5.74) is 8.89. The van der Waals surface area contributed by atoms with Crippen LogP contribution in [0.1, 0.15) is 6.92 Å². The second kappa shape index (κ2) is 15.2. The van der Waals surface area contributed by atoms with E-state index in [2.05, 4.69) is 34.4 Å². The highest BCUT2D eigenvalue weighted by Gasteiger charge is 2.15. The molecule has 0 saturated carbocycles. The van der Waals surface area contributed by atoms with Crippen LogP contribution in [-0.4, -0.2) is 89.0 Å². The molecule has 146 valence electrons. The molecule has 0 aliphatic heterocycles. The summed E-state index contributed by atoms with van der Waals surface area (Å²) in [7, 11) is 7.09.